The maximum Gasteiger partial charge on any atom is 0.338 e. The summed E-state index contributed by atoms with van der Waals surface area (Å²) in [5, 5.41) is 5.65. The smallest absolute Gasteiger partial charge is 0.338 e. The molecule has 3 rings (SSSR count). The van der Waals surface area contributed by atoms with Gasteiger partial charge in [0, 0.05) is 12.6 Å². The first-order valence-corrected chi connectivity index (χ1v) is 9.05. The summed E-state index contributed by atoms with van der Waals surface area (Å²) in [6.07, 6.45) is 1.82. The Kier molecular flexibility index (Phi) is 5.15. The van der Waals surface area contributed by atoms with Crippen LogP contribution in [0.3, 0.4) is 0 Å². The van der Waals surface area contributed by atoms with Crippen molar-refractivity contribution in [2.24, 2.45) is 5.92 Å². The van der Waals surface area contributed by atoms with E-state index in [1.807, 2.05) is 26.8 Å². The molecule has 1 aromatic carbocycles. The molecular formula is C19H25N3O4. The van der Waals surface area contributed by atoms with Crippen molar-refractivity contribution in [3.8, 4) is 0 Å². The van der Waals surface area contributed by atoms with Crippen LogP contribution >= 0.6 is 0 Å². The topological polar surface area (TPSA) is 87.7 Å². The first-order valence-electron chi connectivity index (χ1n) is 9.05. The highest BCUT2D eigenvalue weighted by molar-refractivity contribution is 6.05. The Hall–Kier alpha value is -2.57. The number of benzene rings is 1. The van der Waals surface area contributed by atoms with E-state index in [2.05, 4.69) is 15.5 Å². The van der Waals surface area contributed by atoms with Crippen molar-refractivity contribution in [3.05, 3.63) is 23.8 Å². The van der Waals surface area contributed by atoms with Gasteiger partial charge in [-0.05, 0) is 43.9 Å². The predicted octanol–water partition coefficient (Wildman–Crippen LogP) is 1.92. The monoisotopic (exact) mass is 359 g/mol. The summed E-state index contributed by atoms with van der Waals surface area (Å²) in [7, 11) is 0. The third-order valence-corrected chi connectivity index (χ3v) is 5.08. The first kappa shape index (κ1) is 18.2. The molecule has 1 saturated heterocycles. The molecule has 7 nitrogen and oxygen atoms in total. The zero-order valence-corrected chi connectivity index (χ0v) is 15.4. The second-order valence-corrected chi connectivity index (χ2v) is 7.25. The molecule has 1 fully saturated rings. The molecule has 7 heteroatoms. The molecule has 0 saturated carbocycles. The molecule has 0 aromatic heterocycles. The fourth-order valence-corrected chi connectivity index (χ4v) is 3.23. The van der Waals surface area contributed by atoms with E-state index < -0.39 is 5.97 Å². The molecule has 0 radical (unpaired) electrons. The SMILES string of the molecule is CC(C)[C@@H](C)NC(=O)COC(=O)c1ccc2c(c1)NC(=O)[C@@H]1CCCN21. The second-order valence-electron chi connectivity index (χ2n) is 7.25. The zero-order chi connectivity index (χ0) is 18.8. The molecule has 2 aliphatic rings. The molecule has 26 heavy (non-hydrogen) atoms. The maximum absolute atomic E-state index is 12.2. The van der Waals surface area contributed by atoms with Crippen molar-refractivity contribution in [2.45, 2.75) is 45.7 Å². The maximum atomic E-state index is 12.2. The van der Waals surface area contributed by atoms with Crippen molar-refractivity contribution < 1.29 is 19.1 Å². The lowest BCUT2D eigenvalue weighted by molar-refractivity contribution is -0.125. The average molecular weight is 359 g/mol. The lowest BCUT2D eigenvalue weighted by atomic mass is 10.1. The molecule has 2 N–H and O–H groups in total. The van der Waals surface area contributed by atoms with Crippen LogP contribution in [0, 0.1) is 5.92 Å². The van der Waals surface area contributed by atoms with E-state index in [1.165, 1.54) is 0 Å². The predicted molar refractivity (Wildman–Crippen MR) is 98.2 cm³/mol. The summed E-state index contributed by atoms with van der Waals surface area (Å²) in [6.45, 7) is 6.42. The van der Waals surface area contributed by atoms with Gasteiger partial charge in [-0.2, -0.15) is 0 Å². The van der Waals surface area contributed by atoms with Gasteiger partial charge in [0.25, 0.3) is 5.91 Å². The van der Waals surface area contributed by atoms with Crippen molar-refractivity contribution in [1.82, 2.24) is 5.32 Å². The number of hydrogen-bond donors (Lipinski definition) is 2. The third-order valence-electron chi connectivity index (χ3n) is 5.08. The molecular weight excluding hydrogens is 334 g/mol. The molecule has 140 valence electrons. The molecule has 0 aliphatic carbocycles. The van der Waals surface area contributed by atoms with Gasteiger partial charge in [0.1, 0.15) is 6.04 Å². The van der Waals surface area contributed by atoms with Crippen LogP contribution in [0.2, 0.25) is 0 Å². The van der Waals surface area contributed by atoms with Crippen molar-refractivity contribution in [2.75, 3.05) is 23.4 Å². The number of anilines is 2. The van der Waals surface area contributed by atoms with Crippen LogP contribution in [0.25, 0.3) is 0 Å². The van der Waals surface area contributed by atoms with Crippen molar-refractivity contribution >= 4 is 29.2 Å². The van der Waals surface area contributed by atoms with Gasteiger partial charge in [0.2, 0.25) is 5.91 Å². The lowest BCUT2D eigenvalue weighted by Gasteiger charge is -2.33. The molecule has 0 unspecified atom stereocenters. The largest absolute Gasteiger partial charge is 0.452 e. The number of nitrogens with one attached hydrogen (secondary N) is 2. The minimum atomic E-state index is -0.585. The summed E-state index contributed by atoms with van der Waals surface area (Å²) < 4.78 is 5.10. The lowest BCUT2D eigenvalue weighted by Crippen LogP contribution is -2.43. The van der Waals surface area contributed by atoms with Gasteiger partial charge in [0.05, 0.1) is 16.9 Å². The van der Waals surface area contributed by atoms with Crippen molar-refractivity contribution in [3.63, 3.8) is 0 Å². The van der Waals surface area contributed by atoms with E-state index in [9.17, 15) is 14.4 Å². The number of nitrogens with zero attached hydrogens (tertiary/aromatic N) is 1. The van der Waals surface area contributed by atoms with Crippen LogP contribution < -0.4 is 15.5 Å². The van der Waals surface area contributed by atoms with Crippen LogP contribution in [0.1, 0.15) is 44.0 Å². The standard InChI is InChI=1S/C19H25N3O4/c1-11(2)12(3)20-17(23)10-26-19(25)13-6-7-15-14(9-13)21-18(24)16-5-4-8-22(15)16/h6-7,9,11-12,16H,4-5,8,10H2,1-3H3,(H,20,23)(H,21,24)/t12-,16+/m1/s1. The van der Waals surface area contributed by atoms with Crippen LogP contribution in [0.15, 0.2) is 18.2 Å². The van der Waals surface area contributed by atoms with Crippen LogP contribution in [0.5, 0.6) is 0 Å². The number of carbonyl (C=O) groups excluding carboxylic acids is 3. The number of carbonyl (C=O) groups is 3. The second kappa shape index (κ2) is 7.35. The molecule has 2 atom stereocenters. The van der Waals surface area contributed by atoms with Crippen LogP contribution in [0.4, 0.5) is 11.4 Å². The highest BCUT2D eigenvalue weighted by atomic mass is 16.5. The Morgan fingerprint density at radius 2 is 2.12 bits per heavy atom. The fourth-order valence-electron chi connectivity index (χ4n) is 3.23. The van der Waals surface area contributed by atoms with E-state index in [-0.39, 0.29) is 30.5 Å². The number of fused-ring (bicyclic) bond motifs is 3. The van der Waals surface area contributed by atoms with Crippen molar-refractivity contribution in [1.29, 1.82) is 0 Å². The van der Waals surface area contributed by atoms with Gasteiger partial charge in [-0.3, -0.25) is 9.59 Å². The van der Waals surface area contributed by atoms with E-state index in [4.69, 9.17) is 4.74 Å². The van der Waals surface area contributed by atoms with E-state index >= 15 is 0 Å². The summed E-state index contributed by atoms with van der Waals surface area (Å²) in [5.74, 6) is -0.653. The third kappa shape index (κ3) is 3.66. The van der Waals surface area contributed by atoms with Crippen LogP contribution in [-0.2, 0) is 14.3 Å². The number of hydrogen-bond acceptors (Lipinski definition) is 5. The number of rotatable bonds is 5. The molecule has 0 spiro atoms. The molecule has 2 amide bonds. The summed E-state index contributed by atoms with van der Waals surface area (Å²) >= 11 is 0. The quantitative estimate of drug-likeness (QED) is 0.785. The Bertz CT molecular complexity index is 731. The minimum Gasteiger partial charge on any atom is -0.452 e. The Morgan fingerprint density at radius 1 is 1.35 bits per heavy atom. The molecule has 0 bridgehead atoms. The van der Waals surface area contributed by atoms with Gasteiger partial charge < -0.3 is 20.3 Å². The highest BCUT2D eigenvalue weighted by Crippen LogP contribution is 2.37. The first-order chi connectivity index (χ1) is 12.4. The van der Waals surface area contributed by atoms with E-state index in [1.54, 1.807) is 12.1 Å². The van der Waals surface area contributed by atoms with Gasteiger partial charge >= 0.3 is 5.97 Å². The Labute approximate surface area is 153 Å². The number of esters is 1. The highest BCUT2D eigenvalue weighted by Gasteiger charge is 2.36. The molecule has 2 aliphatic heterocycles. The summed E-state index contributed by atoms with van der Waals surface area (Å²) in [5.41, 5.74) is 1.85. The number of ether oxygens (including phenoxy) is 1. The van der Waals surface area contributed by atoms with Crippen LogP contribution in [-0.4, -0.2) is 43.0 Å². The van der Waals surface area contributed by atoms with E-state index in [0.29, 0.717) is 17.2 Å². The molecule has 1 aromatic rings. The summed E-state index contributed by atoms with van der Waals surface area (Å²) in [4.78, 5) is 38.3. The Morgan fingerprint density at radius 3 is 2.85 bits per heavy atom. The average Bonchev–Trinajstić information content (AvgIpc) is 3.09. The van der Waals surface area contributed by atoms with Gasteiger partial charge in [-0.25, -0.2) is 4.79 Å². The summed E-state index contributed by atoms with van der Waals surface area (Å²) in [6, 6.07) is 4.99. The molecule has 2 heterocycles. The Balaban J connectivity index is 1.63. The number of amides is 2. The normalized spacial score (nSPS) is 19.5. The minimum absolute atomic E-state index is 0.00793. The van der Waals surface area contributed by atoms with E-state index in [0.717, 1.165) is 25.1 Å². The van der Waals surface area contributed by atoms with Gasteiger partial charge in [-0.15, -0.1) is 0 Å². The van der Waals surface area contributed by atoms with Gasteiger partial charge in [-0.1, -0.05) is 13.8 Å². The van der Waals surface area contributed by atoms with Gasteiger partial charge in [0.15, 0.2) is 6.61 Å². The fraction of sp³-hybridized carbons (Fsp3) is 0.526. The zero-order valence-electron chi connectivity index (χ0n) is 15.4.